The molecule has 2 heterocycles. The first kappa shape index (κ1) is 12.9. The molecule has 1 N–H and O–H groups in total. The Balaban J connectivity index is 2.09. The van der Waals surface area contributed by atoms with Crippen molar-refractivity contribution in [3.8, 4) is 0 Å². The smallest absolute Gasteiger partial charge is 0.148 e. The molecule has 0 saturated heterocycles. The summed E-state index contributed by atoms with van der Waals surface area (Å²) in [6.07, 6.45) is 0. The van der Waals surface area contributed by atoms with Gasteiger partial charge >= 0.3 is 0 Å². The number of furan rings is 1. The maximum atomic E-state index is 6.01. The molecule has 0 radical (unpaired) electrons. The summed E-state index contributed by atoms with van der Waals surface area (Å²) in [4.78, 5) is 2.59. The van der Waals surface area contributed by atoms with Gasteiger partial charge in [-0.05, 0) is 54.2 Å². The van der Waals surface area contributed by atoms with E-state index in [1.54, 1.807) is 11.3 Å². The molecule has 1 atom stereocenters. The van der Waals surface area contributed by atoms with E-state index in [9.17, 15) is 0 Å². The van der Waals surface area contributed by atoms with E-state index < -0.39 is 0 Å². The van der Waals surface area contributed by atoms with Gasteiger partial charge in [-0.3, -0.25) is 0 Å². The van der Waals surface area contributed by atoms with E-state index in [0.29, 0.717) is 0 Å². The van der Waals surface area contributed by atoms with Gasteiger partial charge in [0.15, 0.2) is 0 Å². The largest absolute Gasteiger partial charge is 0.458 e. The van der Waals surface area contributed by atoms with E-state index in [4.69, 9.17) is 4.42 Å². The van der Waals surface area contributed by atoms with Gasteiger partial charge in [0.2, 0.25) is 0 Å². The van der Waals surface area contributed by atoms with Crippen LogP contribution in [0.15, 0.2) is 45.3 Å². The Morgan fingerprint density at radius 1 is 1.26 bits per heavy atom. The van der Waals surface area contributed by atoms with E-state index in [0.717, 1.165) is 21.2 Å². The second-order valence-electron chi connectivity index (χ2n) is 4.48. The van der Waals surface area contributed by atoms with Gasteiger partial charge in [0.1, 0.15) is 17.4 Å². The Hall–Kier alpha value is -1.10. The normalized spacial score (nSPS) is 13.0. The SMILES string of the molecule is CNC(c1cc2cccc(Br)c2o1)c1ccc(C)s1. The van der Waals surface area contributed by atoms with Crippen molar-refractivity contribution in [2.45, 2.75) is 13.0 Å². The Kier molecular flexibility index (Phi) is 3.48. The van der Waals surface area contributed by atoms with Gasteiger partial charge in [-0.2, -0.15) is 0 Å². The number of hydrogen-bond acceptors (Lipinski definition) is 3. The van der Waals surface area contributed by atoms with Crippen LogP contribution in [0.25, 0.3) is 11.0 Å². The van der Waals surface area contributed by atoms with Gasteiger partial charge in [-0.1, -0.05) is 12.1 Å². The van der Waals surface area contributed by atoms with Crippen LogP contribution < -0.4 is 5.32 Å². The lowest BCUT2D eigenvalue weighted by Gasteiger charge is -2.11. The molecule has 3 aromatic rings. The lowest BCUT2D eigenvalue weighted by Crippen LogP contribution is -2.15. The molecule has 0 aliphatic rings. The molecule has 0 amide bonds. The number of rotatable bonds is 3. The van der Waals surface area contributed by atoms with Crippen LogP contribution in [0.3, 0.4) is 0 Å². The Morgan fingerprint density at radius 3 is 2.74 bits per heavy atom. The van der Waals surface area contributed by atoms with Crippen LogP contribution in [0.2, 0.25) is 0 Å². The fourth-order valence-corrected chi connectivity index (χ4v) is 3.68. The van der Waals surface area contributed by atoms with E-state index in [1.165, 1.54) is 9.75 Å². The molecule has 0 aliphatic heterocycles. The number of thiophene rings is 1. The number of nitrogens with one attached hydrogen (secondary N) is 1. The average molecular weight is 336 g/mol. The van der Waals surface area contributed by atoms with E-state index in [1.807, 2.05) is 19.2 Å². The minimum absolute atomic E-state index is 0.109. The monoisotopic (exact) mass is 335 g/mol. The lowest BCUT2D eigenvalue weighted by molar-refractivity contribution is 0.494. The number of fused-ring (bicyclic) bond motifs is 1. The summed E-state index contributed by atoms with van der Waals surface area (Å²) in [5.74, 6) is 0.950. The van der Waals surface area contributed by atoms with Gasteiger partial charge in [-0.15, -0.1) is 11.3 Å². The van der Waals surface area contributed by atoms with Gasteiger partial charge in [-0.25, -0.2) is 0 Å². The summed E-state index contributed by atoms with van der Waals surface area (Å²) in [5, 5.41) is 4.45. The molecule has 2 nitrogen and oxygen atoms in total. The van der Waals surface area contributed by atoms with Crippen molar-refractivity contribution in [2.75, 3.05) is 7.05 Å². The van der Waals surface area contributed by atoms with Crippen molar-refractivity contribution in [1.29, 1.82) is 0 Å². The predicted octanol–water partition coefficient (Wildman–Crippen LogP) is 4.87. The van der Waals surface area contributed by atoms with E-state index in [2.05, 4.69) is 52.4 Å². The van der Waals surface area contributed by atoms with Crippen molar-refractivity contribution in [3.05, 3.63) is 56.4 Å². The van der Waals surface area contributed by atoms with Gasteiger partial charge in [0, 0.05) is 15.1 Å². The van der Waals surface area contributed by atoms with Crippen LogP contribution >= 0.6 is 27.3 Å². The summed E-state index contributed by atoms with van der Waals surface area (Å²) >= 11 is 5.33. The Labute approximate surface area is 124 Å². The van der Waals surface area contributed by atoms with E-state index in [-0.39, 0.29) is 6.04 Å². The number of benzene rings is 1. The zero-order valence-electron chi connectivity index (χ0n) is 10.7. The molecular weight excluding hydrogens is 322 g/mol. The minimum atomic E-state index is 0.109. The quantitative estimate of drug-likeness (QED) is 0.738. The standard InChI is InChI=1S/C15H14BrNOS/c1-9-6-7-13(19-9)14(17-2)12-8-10-4-3-5-11(16)15(10)18-12/h3-8,14,17H,1-2H3. The van der Waals surface area contributed by atoms with Crippen LogP contribution in [-0.4, -0.2) is 7.05 Å². The summed E-state index contributed by atoms with van der Waals surface area (Å²) in [6.45, 7) is 2.12. The van der Waals surface area contributed by atoms with Crippen molar-refractivity contribution >= 4 is 38.2 Å². The number of aryl methyl sites for hydroxylation is 1. The van der Waals surface area contributed by atoms with Crippen LogP contribution in [0.4, 0.5) is 0 Å². The molecule has 4 heteroatoms. The summed E-state index contributed by atoms with van der Waals surface area (Å²) in [5.41, 5.74) is 0.908. The highest BCUT2D eigenvalue weighted by Gasteiger charge is 2.18. The highest BCUT2D eigenvalue weighted by molar-refractivity contribution is 9.10. The van der Waals surface area contributed by atoms with Gasteiger partial charge < -0.3 is 9.73 Å². The molecule has 1 aromatic carbocycles. The fourth-order valence-electron chi connectivity index (χ4n) is 2.22. The second kappa shape index (κ2) is 5.12. The highest BCUT2D eigenvalue weighted by atomic mass is 79.9. The molecule has 2 aromatic heterocycles. The lowest BCUT2D eigenvalue weighted by atomic mass is 10.1. The van der Waals surface area contributed by atoms with E-state index >= 15 is 0 Å². The third kappa shape index (κ3) is 2.36. The molecule has 0 aliphatic carbocycles. The van der Waals surface area contributed by atoms with Crippen molar-refractivity contribution < 1.29 is 4.42 Å². The van der Waals surface area contributed by atoms with Crippen LogP contribution in [0.5, 0.6) is 0 Å². The molecule has 0 fully saturated rings. The van der Waals surface area contributed by atoms with Gasteiger partial charge in [0.05, 0.1) is 4.47 Å². The fraction of sp³-hybridized carbons (Fsp3) is 0.200. The minimum Gasteiger partial charge on any atom is -0.458 e. The van der Waals surface area contributed by atoms with Crippen LogP contribution in [-0.2, 0) is 0 Å². The summed E-state index contributed by atoms with van der Waals surface area (Å²) in [7, 11) is 1.96. The zero-order chi connectivity index (χ0) is 13.4. The first-order valence-electron chi connectivity index (χ1n) is 6.10. The maximum absolute atomic E-state index is 6.01. The van der Waals surface area contributed by atoms with Crippen LogP contribution in [0, 0.1) is 6.92 Å². The first-order valence-corrected chi connectivity index (χ1v) is 7.71. The zero-order valence-corrected chi connectivity index (χ0v) is 13.1. The molecule has 1 unspecified atom stereocenters. The van der Waals surface area contributed by atoms with Crippen molar-refractivity contribution in [2.24, 2.45) is 0 Å². The summed E-state index contributed by atoms with van der Waals surface area (Å²) < 4.78 is 7.01. The number of halogens is 1. The molecule has 0 spiro atoms. The average Bonchev–Trinajstić information content (AvgIpc) is 2.98. The molecule has 0 saturated carbocycles. The van der Waals surface area contributed by atoms with Gasteiger partial charge in [0.25, 0.3) is 0 Å². The molecule has 0 bridgehead atoms. The van der Waals surface area contributed by atoms with Crippen molar-refractivity contribution in [1.82, 2.24) is 5.32 Å². The van der Waals surface area contributed by atoms with Crippen LogP contribution in [0.1, 0.15) is 21.6 Å². The first-order chi connectivity index (χ1) is 9.19. The molecule has 3 rings (SSSR count). The van der Waals surface area contributed by atoms with Crippen molar-refractivity contribution in [3.63, 3.8) is 0 Å². The maximum Gasteiger partial charge on any atom is 0.148 e. The molecule has 98 valence electrons. The number of para-hydroxylation sites is 1. The molecule has 19 heavy (non-hydrogen) atoms. The molecular formula is C15H14BrNOS. The topological polar surface area (TPSA) is 25.2 Å². The second-order valence-corrected chi connectivity index (χ2v) is 6.65. The Morgan fingerprint density at radius 2 is 2.11 bits per heavy atom. The third-order valence-corrected chi connectivity index (χ3v) is 4.82. The third-order valence-electron chi connectivity index (χ3n) is 3.13. The Bertz CT molecular complexity index is 716. The number of hydrogen-bond donors (Lipinski definition) is 1. The highest BCUT2D eigenvalue weighted by Crippen LogP contribution is 2.34. The summed E-state index contributed by atoms with van der Waals surface area (Å²) in [6, 6.07) is 12.6. The predicted molar refractivity (Wildman–Crippen MR) is 83.9 cm³/mol.